The van der Waals surface area contributed by atoms with Crippen molar-refractivity contribution in [1.29, 1.82) is 0 Å². The van der Waals surface area contributed by atoms with Crippen LogP contribution in [0.3, 0.4) is 0 Å². The van der Waals surface area contributed by atoms with Crippen molar-refractivity contribution in [1.82, 2.24) is 10.2 Å². The maximum Gasteiger partial charge on any atom is 0.225 e. The number of nitrogens with zero attached hydrogens (tertiary/aromatic N) is 1. The second kappa shape index (κ2) is 5.95. The summed E-state index contributed by atoms with van der Waals surface area (Å²) in [7, 11) is 1.72. The fourth-order valence-electron chi connectivity index (χ4n) is 4.50. The molecular weight excluding hydrogens is 268 g/mol. The van der Waals surface area contributed by atoms with E-state index >= 15 is 0 Å². The van der Waals surface area contributed by atoms with E-state index in [-0.39, 0.29) is 29.1 Å². The van der Waals surface area contributed by atoms with Crippen LogP contribution in [0.2, 0.25) is 0 Å². The first kappa shape index (κ1) is 14.8. The monoisotopic (exact) mass is 294 g/mol. The van der Waals surface area contributed by atoms with Crippen LogP contribution in [0.25, 0.3) is 0 Å². The highest BCUT2D eigenvalue weighted by Gasteiger charge is 2.51. The smallest absolute Gasteiger partial charge is 0.225 e. The molecule has 1 saturated carbocycles. The van der Waals surface area contributed by atoms with Crippen LogP contribution in [0.5, 0.6) is 0 Å². The number of carbonyl (C=O) groups excluding carboxylic acids is 2. The van der Waals surface area contributed by atoms with Crippen molar-refractivity contribution in [2.45, 2.75) is 38.5 Å². The fraction of sp³-hybridized carbons (Fsp3) is 0.875. The Hall–Kier alpha value is -1.10. The van der Waals surface area contributed by atoms with Crippen LogP contribution < -0.4 is 5.32 Å². The van der Waals surface area contributed by atoms with Gasteiger partial charge in [-0.2, -0.15) is 0 Å². The van der Waals surface area contributed by atoms with Crippen molar-refractivity contribution >= 4 is 11.8 Å². The predicted octanol–water partition coefficient (Wildman–Crippen LogP) is 1.18. The molecule has 2 unspecified atom stereocenters. The lowest BCUT2D eigenvalue weighted by molar-refractivity contribution is -0.138. The lowest BCUT2D eigenvalue weighted by Crippen LogP contribution is -2.42. The molecule has 1 aliphatic carbocycles. The summed E-state index contributed by atoms with van der Waals surface area (Å²) < 4.78 is 5.35. The Balaban J connectivity index is 1.66. The van der Waals surface area contributed by atoms with E-state index < -0.39 is 0 Å². The van der Waals surface area contributed by atoms with E-state index in [1.807, 2.05) is 4.90 Å². The second-order valence-electron chi connectivity index (χ2n) is 6.82. The van der Waals surface area contributed by atoms with Crippen LogP contribution in [0.15, 0.2) is 0 Å². The molecule has 118 valence electrons. The van der Waals surface area contributed by atoms with Crippen molar-refractivity contribution in [2.24, 2.45) is 17.3 Å². The van der Waals surface area contributed by atoms with E-state index in [4.69, 9.17) is 4.74 Å². The summed E-state index contributed by atoms with van der Waals surface area (Å²) >= 11 is 0. The quantitative estimate of drug-likeness (QED) is 0.832. The van der Waals surface area contributed by atoms with E-state index in [1.54, 1.807) is 7.05 Å². The molecular formula is C16H26N2O3. The average Bonchev–Trinajstić information content (AvgIpc) is 3.14. The lowest BCUT2D eigenvalue weighted by atomic mass is 9.76. The number of hydrogen-bond acceptors (Lipinski definition) is 3. The SMILES string of the molecule is CNC(=O)C1CCCC12CCN(C(=O)C1CCOCC1)C2. The maximum atomic E-state index is 12.7. The van der Waals surface area contributed by atoms with Gasteiger partial charge in [0.2, 0.25) is 11.8 Å². The molecule has 1 N–H and O–H groups in total. The van der Waals surface area contributed by atoms with Crippen molar-refractivity contribution in [3.05, 3.63) is 0 Å². The summed E-state index contributed by atoms with van der Waals surface area (Å²) in [4.78, 5) is 26.8. The third-order valence-electron chi connectivity index (χ3n) is 5.74. The van der Waals surface area contributed by atoms with Gasteiger partial charge in [0, 0.05) is 50.6 Å². The molecule has 5 heteroatoms. The van der Waals surface area contributed by atoms with Crippen LogP contribution in [-0.4, -0.2) is 50.1 Å². The second-order valence-corrected chi connectivity index (χ2v) is 6.82. The van der Waals surface area contributed by atoms with Crippen LogP contribution in [0, 0.1) is 17.3 Å². The number of likely N-dealkylation sites (tertiary alicyclic amines) is 1. The normalized spacial score (nSPS) is 33.6. The molecule has 2 amide bonds. The summed E-state index contributed by atoms with van der Waals surface area (Å²) in [6, 6.07) is 0. The predicted molar refractivity (Wildman–Crippen MR) is 78.6 cm³/mol. The minimum atomic E-state index is 0.0426. The molecule has 3 aliphatic rings. The van der Waals surface area contributed by atoms with E-state index in [0.717, 1.165) is 51.6 Å². The van der Waals surface area contributed by atoms with Crippen LogP contribution >= 0.6 is 0 Å². The highest BCUT2D eigenvalue weighted by molar-refractivity contribution is 5.81. The van der Waals surface area contributed by atoms with E-state index in [9.17, 15) is 9.59 Å². The van der Waals surface area contributed by atoms with Crippen molar-refractivity contribution < 1.29 is 14.3 Å². The molecule has 0 aromatic rings. The number of rotatable bonds is 2. The van der Waals surface area contributed by atoms with Gasteiger partial charge in [-0.1, -0.05) is 6.42 Å². The number of amides is 2. The number of ether oxygens (including phenoxy) is 1. The molecule has 0 radical (unpaired) electrons. The first-order valence-electron chi connectivity index (χ1n) is 8.24. The Morgan fingerprint density at radius 1 is 1.19 bits per heavy atom. The van der Waals surface area contributed by atoms with E-state index in [2.05, 4.69) is 5.32 Å². The molecule has 3 rings (SSSR count). The Morgan fingerprint density at radius 2 is 1.95 bits per heavy atom. The zero-order valence-electron chi connectivity index (χ0n) is 12.9. The third-order valence-corrected chi connectivity index (χ3v) is 5.74. The maximum absolute atomic E-state index is 12.7. The van der Waals surface area contributed by atoms with Gasteiger partial charge >= 0.3 is 0 Å². The molecule has 21 heavy (non-hydrogen) atoms. The minimum Gasteiger partial charge on any atom is -0.381 e. The van der Waals surface area contributed by atoms with Gasteiger partial charge in [-0.05, 0) is 32.1 Å². The third kappa shape index (κ3) is 2.68. The van der Waals surface area contributed by atoms with Gasteiger partial charge in [0.05, 0.1) is 0 Å². The van der Waals surface area contributed by atoms with Gasteiger partial charge in [-0.15, -0.1) is 0 Å². The van der Waals surface area contributed by atoms with E-state index in [0.29, 0.717) is 13.2 Å². The van der Waals surface area contributed by atoms with Crippen LogP contribution in [0.1, 0.15) is 38.5 Å². The molecule has 0 aromatic heterocycles. The van der Waals surface area contributed by atoms with Crippen LogP contribution in [0.4, 0.5) is 0 Å². The summed E-state index contributed by atoms with van der Waals surface area (Å²) in [6.45, 7) is 3.01. The number of carbonyl (C=O) groups is 2. The highest BCUT2D eigenvalue weighted by atomic mass is 16.5. The van der Waals surface area contributed by atoms with Gasteiger partial charge in [0.1, 0.15) is 0 Å². The number of hydrogen-bond donors (Lipinski definition) is 1. The molecule has 1 spiro atoms. The molecule has 3 fully saturated rings. The lowest BCUT2D eigenvalue weighted by Gasteiger charge is -2.31. The Morgan fingerprint density at radius 3 is 2.67 bits per heavy atom. The zero-order chi connectivity index (χ0) is 14.9. The minimum absolute atomic E-state index is 0.0426. The summed E-state index contributed by atoms with van der Waals surface area (Å²) in [5.41, 5.74) is 0.0426. The van der Waals surface area contributed by atoms with Gasteiger partial charge in [-0.25, -0.2) is 0 Å². The Kier molecular flexibility index (Phi) is 4.20. The van der Waals surface area contributed by atoms with Gasteiger partial charge in [0.15, 0.2) is 0 Å². The standard InChI is InChI=1S/C16H26N2O3/c1-17-14(19)13-3-2-6-16(13)7-8-18(11-16)15(20)12-4-9-21-10-5-12/h12-13H,2-11H2,1H3,(H,17,19). The fourth-order valence-corrected chi connectivity index (χ4v) is 4.50. The van der Waals surface area contributed by atoms with Gasteiger partial charge < -0.3 is 15.0 Å². The summed E-state index contributed by atoms with van der Waals surface area (Å²) in [5, 5.41) is 2.81. The van der Waals surface area contributed by atoms with Gasteiger partial charge in [0.25, 0.3) is 0 Å². The van der Waals surface area contributed by atoms with Crippen molar-refractivity contribution in [3.63, 3.8) is 0 Å². The molecule has 0 bridgehead atoms. The molecule has 0 aromatic carbocycles. The highest BCUT2D eigenvalue weighted by Crippen LogP contribution is 2.50. The van der Waals surface area contributed by atoms with Gasteiger partial charge in [-0.3, -0.25) is 9.59 Å². The molecule has 2 atom stereocenters. The van der Waals surface area contributed by atoms with E-state index in [1.165, 1.54) is 0 Å². The van der Waals surface area contributed by atoms with Crippen molar-refractivity contribution in [2.75, 3.05) is 33.4 Å². The number of nitrogens with one attached hydrogen (secondary N) is 1. The summed E-state index contributed by atoms with van der Waals surface area (Å²) in [5.74, 6) is 0.675. The Labute approximate surface area is 126 Å². The zero-order valence-corrected chi connectivity index (χ0v) is 12.9. The van der Waals surface area contributed by atoms with Crippen molar-refractivity contribution in [3.8, 4) is 0 Å². The summed E-state index contributed by atoms with van der Waals surface area (Å²) in [6.07, 6.45) is 5.85. The molecule has 5 nitrogen and oxygen atoms in total. The van der Waals surface area contributed by atoms with Crippen LogP contribution in [-0.2, 0) is 14.3 Å². The first-order valence-corrected chi connectivity index (χ1v) is 8.24. The Bertz CT molecular complexity index is 420. The molecule has 2 aliphatic heterocycles. The average molecular weight is 294 g/mol. The first-order chi connectivity index (χ1) is 10.2. The molecule has 2 saturated heterocycles. The largest absolute Gasteiger partial charge is 0.381 e. The molecule has 2 heterocycles. The topological polar surface area (TPSA) is 58.6 Å².